The minimum atomic E-state index is 0. The Bertz CT molecular complexity index is 73.1. The number of alkyl halides is 1. The van der Waals surface area contributed by atoms with Crippen LogP contribution in [0.25, 0.3) is 0 Å². The molecule has 16 heavy (non-hydrogen) atoms. The predicted molar refractivity (Wildman–Crippen MR) is 83.2 cm³/mol. The first kappa shape index (κ1) is 30.3. The van der Waals surface area contributed by atoms with Gasteiger partial charge in [-0.05, 0) is 5.92 Å². The molecule has 0 N–H and O–H groups in total. The van der Waals surface area contributed by atoms with Gasteiger partial charge in [-0.15, -0.1) is 0 Å². The quantitative estimate of drug-likeness (QED) is 0.545. The first-order chi connectivity index (χ1) is 6.45. The molecule has 0 aliphatic carbocycles. The third-order valence-electron chi connectivity index (χ3n) is 1.08. The fourth-order valence-corrected chi connectivity index (χ4v) is 3.59. The molecule has 0 aromatic heterocycles. The van der Waals surface area contributed by atoms with Crippen LogP contribution < -0.4 is 19.8 Å². The van der Waals surface area contributed by atoms with E-state index in [1.54, 1.807) is 0 Å². The van der Waals surface area contributed by atoms with Crippen LogP contribution in [0.1, 0.15) is 76.2 Å². The van der Waals surface area contributed by atoms with Gasteiger partial charge in [0.05, 0.1) is 0 Å². The van der Waals surface area contributed by atoms with E-state index in [1.165, 1.54) is 12.8 Å². The molecule has 0 aliphatic rings. The van der Waals surface area contributed by atoms with E-state index in [4.69, 9.17) is 0 Å². The van der Waals surface area contributed by atoms with Crippen LogP contribution in [0.5, 0.6) is 0 Å². The van der Waals surface area contributed by atoms with Gasteiger partial charge >= 0.3 is 52.8 Å². The van der Waals surface area contributed by atoms with Crippen molar-refractivity contribution >= 4 is 8.93 Å². The molecule has 0 radical (unpaired) electrons. The van der Waals surface area contributed by atoms with Crippen LogP contribution in [-0.2, 0) is 0 Å². The molecule has 0 amide bonds. The summed E-state index contributed by atoms with van der Waals surface area (Å²) in [5, 5.41) is 0.864. The summed E-state index contributed by atoms with van der Waals surface area (Å²) >= 11 is 0.484. The molecule has 0 rings (SSSR count). The Morgan fingerprint density at radius 1 is 0.938 bits per heavy atom. The van der Waals surface area contributed by atoms with Crippen molar-refractivity contribution in [2.45, 2.75) is 81.4 Å². The topological polar surface area (TPSA) is 0 Å². The normalized spacial score (nSPS) is 8.12. The number of hydrogen-bond acceptors (Lipinski definition) is 1. The van der Waals surface area contributed by atoms with Crippen molar-refractivity contribution in [2.24, 2.45) is 5.92 Å². The maximum atomic E-state index is 2.30. The van der Waals surface area contributed by atoms with Crippen molar-refractivity contribution < 1.29 is 19.8 Å². The molecule has 108 valence electrons. The van der Waals surface area contributed by atoms with Crippen LogP contribution in [-0.4, -0.2) is 10.2 Å². The van der Waals surface area contributed by atoms with Crippen LogP contribution >= 0.6 is 8.93 Å². The summed E-state index contributed by atoms with van der Waals surface area (Å²) in [5.74, 6) is 0.884. The van der Waals surface area contributed by atoms with Crippen LogP contribution in [0.3, 0.4) is 0 Å². The number of halogens is 1. The molecule has 0 fully saturated rings. The zero-order valence-corrected chi connectivity index (χ0v) is 14.3. The van der Waals surface area contributed by atoms with E-state index in [2.05, 4.69) is 62.3 Å². The summed E-state index contributed by atoms with van der Waals surface area (Å²) in [5.41, 5.74) is 0. The third kappa shape index (κ3) is 80.9. The Labute approximate surface area is 120 Å². The molecule has 0 unspecified atom stereocenters. The Morgan fingerprint density at radius 3 is 1.19 bits per heavy atom. The predicted octanol–water partition coefficient (Wildman–Crippen LogP) is 3.50. The van der Waals surface area contributed by atoms with Crippen molar-refractivity contribution in [2.75, 3.05) is 4.93 Å². The summed E-state index contributed by atoms with van der Waals surface area (Å²) in [6, 6.07) is 0. The molecule has 0 atom stereocenters. The molecule has 0 spiro atoms. The fraction of sp³-hybridized carbons (Fsp3) is 1.00. The summed E-state index contributed by atoms with van der Waals surface area (Å²) in [6.45, 7) is 15.4. The molecule has 0 aromatic carbocycles. The van der Waals surface area contributed by atoms with E-state index in [0.29, 0.717) is 19.8 Å². The summed E-state index contributed by atoms with van der Waals surface area (Å²) in [6.07, 6.45) is 2.56. The summed E-state index contributed by atoms with van der Waals surface area (Å²) in [7, 11) is 2.10. The van der Waals surface area contributed by atoms with Crippen LogP contribution in [0, 0.1) is 5.92 Å². The van der Waals surface area contributed by atoms with Crippen molar-refractivity contribution in [1.29, 1.82) is 0 Å². The zero-order valence-electron chi connectivity index (χ0n) is 11.4. The molecule has 0 heterocycles. The zero-order chi connectivity index (χ0) is 12.0. The molecular weight excluding hydrogens is 327 g/mol. The molecule has 0 saturated carbocycles. The van der Waals surface area contributed by atoms with Gasteiger partial charge in [0.25, 0.3) is 0 Å². The molecule has 2 heteroatoms. The van der Waals surface area contributed by atoms with Gasteiger partial charge < -0.3 is 0 Å². The maximum absolute atomic E-state index is 2.30. The van der Waals surface area contributed by atoms with E-state index >= 15 is 0 Å². The second kappa shape index (κ2) is 29.8. The number of hydrogen-bond donors (Lipinski definition) is 0. The van der Waals surface area contributed by atoms with E-state index < -0.39 is 0 Å². The Kier molecular flexibility index (Phi) is 56.3. The second-order valence-electron chi connectivity index (χ2n) is 3.80. The van der Waals surface area contributed by atoms with Gasteiger partial charge in [-0.25, -0.2) is 0 Å². The average molecular weight is 365 g/mol. The monoisotopic (exact) mass is 365 g/mol. The summed E-state index contributed by atoms with van der Waals surface area (Å²) in [4.78, 5) is 2.30. The van der Waals surface area contributed by atoms with Gasteiger partial charge in [-0.1, -0.05) is 62.3 Å². The van der Waals surface area contributed by atoms with Crippen molar-refractivity contribution in [1.82, 2.24) is 0 Å². The third-order valence-corrected chi connectivity index (χ3v) is 6.20. The van der Waals surface area contributed by atoms with Gasteiger partial charge in [0, 0.05) is 0 Å². The molecule has 0 saturated heterocycles. The fourth-order valence-electron chi connectivity index (χ4n) is 0.178. The van der Waals surface area contributed by atoms with Gasteiger partial charge in [0.15, 0.2) is 0 Å². The first-order valence-corrected chi connectivity index (χ1v) is 11.2. The SMILES string of the molecule is C.C.CCC.CCC(C)C.C[I-]SC(C)C. The van der Waals surface area contributed by atoms with Crippen LogP contribution in [0.15, 0.2) is 0 Å². The molecular formula is C14H38IS-. The summed E-state index contributed by atoms with van der Waals surface area (Å²) < 4.78 is 0. The molecule has 0 nitrogen and oxygen atoms in total. The van der Waals surface area contributed by atoms with Crippen molar-refractivity contribution in [3.8, 4) is 0 Å². The Morgan fingerprint density at radius 2 is 1.19 bits per heavy atom. The number of rotatable bonds is 3. The standard InChI is InChI=1S/C5H12.C4H10IS.C3H8.2CH4/c1-4-5(2)3;1-4(2)6-5-3;1-3-2;;/h5H,4H2,1-3H3;4H,1-3H3;3H2,1-2H3;2*1H4/q;-1;;;. The van der Waals surface area contributed by atoms with Gasteiger partial charge in [-0.2, -0.15) is 0 Å². The van der Waals surface area contributed by atoms with Gasteiger partial charge in [0.2, 0.25) is 0 Å². The molecule has 0 aromatic rings. The van der Waals surface area contributed by atoms with Crippen molar-refractivity contribution in [3.05, 3.63) is 0 Å². The average Bonchev–Trinajstić information content (AvgIpc) is 2.06. The van der Waals surface area contributed by atoms with Gasteiger partial charge in [0.1, 0.15) is 0 Å². The first-order valence-electron chi connectivity index (χ1n) is 5.61. The second-order valence-corrected chi connectivity index (χ2v) is 9.40. The molecule has 0 aliphatic heterocycles. The van der Waals surface area contributed by atoms with Gasteiger partial charge in [-0.3, -0.25) is 0 Å². The van der Waals surface area contributed by atoms with E-state index in [0.717, 1.165) is 11.2 Å². The van der Waals surface area contributed by atoms with E-state index in [9.17, 15) is 0 Å². The minimum absolute atomic E-state index is 0. The Balaban J connectivity index is -0.0000000373. The van der Waals surface area contributed by atoms with E-state index in [1.807, 2.05) is 0 Å². The van der Waals surface area contributed by atoms with Crippen LogP contribution in [0.2, 0.25) is 0 Å². The molecule has 0 bridgehead atoms. The Hall–Kier alpha value is 1.08. The van der Waals surface area contributed by atoms with Crippen molar-refractivity contribution in [3.63, 3.8) is 0 Å². The van der Waals surface area contributed by atoms with E-state index in [-0.39, 0.29) is 14.9 Å². The van der Waals surface area contributed by atoms with Crippen LogP contribution in [0.4, 0.5) is 0 Å².